The molecule has 0 saturated carbocycles. The second kappa shape index (κ2) is 7.89. The Bertz CT molecular complexity index is 415. The van der Waals surface area contributed by atoms with Gasteiger partial charge in [-0.15, -0.1) is 11.8 Å². The normalized spacial score (nSPS) is 12.2. The quantitative estimate of drug-likeness (QED) is 0.795. The molecule has 1 unspecified atom stereocenters. The number of hydrogen-bond acceptors (Lipinski definition) is 3. The van der Waals surface area contributed by atoms with Crippen LogP contribution in [0.25, 0.3) is 0 Å². The lowest BCUT2D eigenvalue weighted by Gasteiger charge is -2.10. The molecular weight excluding hydrogens is 291 g/mol. The van der Waals surface area contributed by atoms with Gasteiger partial charge in [-0.2, -0.15) is 0 Å². The molecular formula is C12H16Cl2N2OS. The fourth-order valence-corrected chi connectivity index (χ4v) is 2.48. The Balaban J connectivity index is 2.40. The van der Waals surface area contributed by atoms with Crippen LogP contribution in [0.2, 0.25) is 10.0 Å². The average Bonchev–Trinajstić information content (AvgIpc) is 2.36. The van der Waals surface area contributed by atoms with Gasteiger partial charge < -0.3 is 11.1 Å². The molecule has 3 nitrogen and oxygen atoms in total. The van der Waals surface area contributed by atoms with Crippen LogP contribution in [0.5, 0.6) is 0 Å². The lowest BCUT2D eigenvalue weighted by Crippen LogP contribution is -2.32. The summed E-state index contributed by atoms with van der Waals surface area (Å²) < 4.78 is 0. The van der Waals surface area contributed by atoms with E-state index in [1.165, 1.54) is 11.8 Å². The zero-order valence-electron chi connectivity index (χ0n) is 10.1. The van der Waals surface area contributed by atoms with Crippen molar-refractivity contribution in [3.05, 3.63) is 28.2 Å². The number of thioether (sulfide) groups is 1. The Labute approximate surface area is 121 Å². The van der Waals surface area contributed by atoms with Crippen molar-refractivity contribution in [3.63, 3.8) is 0 Å². The lowest BCUT2D eigenvalue weighted by molar-refractivity contribution is -0.118. The first-order valence-electron chi connectivity index (χ1n) is 5.57. The summed E-state index contributed by atoms with van der Waals surface area (Å²) in [6, 6.07) is 5.20. The fraction of sp³-hybridized carbons (Fsp3) is 0.417. The molecule has 0 fully saturated rings. The van der Waals surface area contributed by atoms with E-state index in [0.717, 1.165) is 4.90 Å². The average molecular weight is 307 g/mol. The standard InChI is InChI=1S/C12H16Cl2N2OS/c1-8(5-15)6-16-12(17)7-18-11-4-9(13)2-3-10(11)14/h2-4,8H,5-7,15H2,1H3,(H,16,17). The van der Waals surface area contributed by atoms with Crippen LogP contribution in [-0.4, -0.2) is 24.7 Å². The van der Waals surface area contributed by atoms with Gasteiger partial charge >= 0.3 is 0 Å². The summed E-state index contributed by atoms with van der Waals surface area (Å²) in [5.74, 6) is 0.571. The van der Waals surface area contributed by atoms with Gasteiger partial charge in [-0.25, -0.2) is 0 Å². The van der Waals surface area contributed by atoms with E-state index in [0.29, 0.717) is 28.9 Å². The van der Waals surface area contributed by atoms with Gasteiger partial charge in [0.2, 0.25) is 5.91 Å². The zero-order valence-corrected chi connectivity index (χ0v) is 12.4. The van der Waals surface area contributed by atoms with Gasteiger partial charge in [0.15, 0.2) is 0 Å². The third-order valence-corrected chi connectivity index (χ3v) is 4.03. The molecule has 100 valence electrons. The molecule has 3 N–H and O–H groups in total. The van der Waals surface area contributed by atoms with Crippen LogP contribution < -0.4 is 11.1 Å². The number of rotatable bonds is 6. The Morgan fingerprint density at radius 2 is 2.22 bits per heavy atom. The van der Waals surface area contributed by atoms with Crippen molar-refractivity contribution in [2.75, 3.05) is 18.8 Å². The maximum Gasteiger partial charge on any atom is 0.230 e. The van der Waals surface area contributed by atoms with Crippen LogP contribution in [0.3, 0.4) is 0 Å². The number of carbonyl (C=O) groups is 1. The van der Waals surface area contributed by atoms with Crippen LogP contribution in [0.15, 0.2) is 23.1 Å². The Morgan fingerprint density at radius 3 is 2.89 bits per heavy atom. The predicted octanol–water partition coefficient (Wildman–Crippen LogP) is 2.80. The second-order valence-electron chi connectivity index (χ2n) is 4.01. The molecule has 0 aliphatic heterocycles. The number of amides is 1. The summed E-state index contributed by atoms with van der Waals surface area (Å²) in [7, 11) is 0. The first kappa shape index (κ1) is 15.6. The molecule has 0 heterocycles. The Hall–Kier alpha value is -0.420. The van der Waals surface area contributed by atoms with Gasteiger partial charge in [0.25, 0.3) is 0 Å². The smallest absolute Gasteiger partial charge is 0.230 e. The van der Waals surface area contributed by atoms with Gasteiger partial charge in [-0.05, 0) is 30.7 Å². The van der Waals surface area contributed by atoms with Gasteiger partial charge in [0.1, 0.15) is 0 Å². The number of hydrogen-bond donors (Lipinski definition) is 2. The van der Waals surface area contributed by atoms with E-state index in [9.17, 15) is 4.79 Å². The topological polar surface area (TPSA) is 55.1 Å². The minimum atomic E-state index is -0.0312. The highest BCUT2D eigenvalue weighted by Gasteiger charge is 2.07. The molecule has 0 saturated heterocycles. The predicted molar refractivity (Wildman–Crippen MR) is 78.4 cm³/mol. The summed E-state index contributed by atoms with van der Waals surface area (Å²) in [4.78, 5) is 12.4. The highest BCUT2D eigenvalue weighted by atomic mass is 35.5. The Morgan fingerprint density at radius 1 is 1.50 bits per heavy atom. The first-order valence-corrected chi connectivity index (χ1v) is 7.31. The highest BCUT2D eigenvalue weighted by molar-refractivity contribution is 8.00. The largest absolute Gasteiger partial charge is 0.355 e. The van der Waals surface area contributed by atoms with Crippen molar-refractivity contribution >= 4 is 40.9 Å². The van der Waals surface area contributed by atoms with Crippen LogP contribution in [0, 0.1) is 5.92 Å². The highest BCUT2D eigenvalue weighted by Crippen LogP contribution is 2.29. The van der Waals surface area contributed by atoms with Gasteiger partial charge in [-0.1, -0.05) is 30.1 Å². The Kier molecular flexibility index (Phi) is 6.86. The van der Waals surface area contributed by atoms with E-state index < -0.39 is 0 Å². The SMILES string of the molecule is CC(CN)CNC(=O)CSc1cc(Cl)ccc1Cl. The number of nitrogens with one attached hydrogen (secondary N) is 1. The maximum atomic E-state index is 11.6. The number of nitrogens with two attached hydrogens (primary N) is 1. The molecule has 0 radical (unpaired) electrons. The minimum Gasteiger partial charge on any atom is -0.355 e. The maximum absolute atomic E-state index is 11.6. The zero-order chi connectivity index (χ0) is 13.5. The molecule has 6 heteroatoms. The van der Waals surface area contributed by atoms with Crippen molar-refractivity contribution < 1.29 is 4.79 Å². The van der Waals surface area contributed by atoms with E-state index >= 15 is 0 Å². The van der Waals surface area contributed by atoms with E-state index in [2.05, 4.69) is 5.32 Å². The molecule has 0 aliphatic rings. The number of benzene rings is 1. The molecule has 18 heavy (non-hydrogen) atoms. The third-order valence-electron chi connectivity index (χ3n) is 2.30. The molecule has 0 aliphatic carbocycles. The monoisotopic (exact) mass is 306 g/mol. The summed E-state index contributed by atoms with van der Waals surface area (Å²) in [6.45, 7) is 3.15. The van der Waals surface area contributed by atoms with Gasteiger partial charge in [0, 0.05) is 16.5 Å². The minimum absolute atomic E-state index is 0.0312. The van der Waals surface area contributed by atoms with Gasteiger partial charge in [-0.3, -0.25) is 4.79 Å². The van der Waals surface area contributed by atoms with Crippen molar-refractivity contribution in [1.29, 1.82) is 0 Å². The van der Waals surface area contributed by atoms with Crippen molar-refractivity contribution in [2.24, 2.45) is 11.7 Å². The van der Waals surface area contributed by atoms with Crippen LogP contribution in [-0.2, 0) is 4.79 Å². The van der Waals surface area contributed by atoms with E-state index in [4.69, 9.17) is 28.9 Å². The van der Waals surface area contributed by atoms with E-state index in [1.807, 2.05) is 6.92 Å². The first-order chi connectivity index (χ1) is 8.52. The van der Waals surface area contributed by atoms with Crippen molar-refractivity contribution in [2.45, 2.75) is 11.8 Å². The summed E-state index contributed by atoms with van der Waals surface area (Å²) in [5, 5.41) is 4.04. The summed E-state index contributed by atoms with van der Waals surface area (Å²) in [6.07, 6.45) is 0. The van der Waals surface area contributed by atoms with Crippen LogP contribution >= 0.6 is 35.0 Å². The molecule has 1 atom stereocenters. The lowest BCUT2D eigenvalue weighted by atomic mass is 10.2. The molecule has 1 aromatic carbocycles. The summed E-state index contributed by atoms with van der Waals surface area (Å²) >= 11 is 13.2. The van der Waals surface area contributed by atoms with Crippen LogP contribution in [0.1, 0.15) is 6.92 Å². The van der Waals surface area contributed by atoms with E-state index in [1.54, 1.807) is 18.2 Å². The molecule has 1 aromatic rings. The molecule has 0 spiro atoms. The third kappa shape index (κ3) is 5.48. The summed E-state index contributed by atoms with van der Waals surface area (Å²) in [5.41, 5.74) is 5.47. The molecule has 1 rings (SSSR count). The second-order valence-corrected chi connectivity index (χ2v) is 5.87. The number of carbonyl (C=O) groups excluding carboxylic acids is 1. The van der Waals surface area contributed by atoms with Crippen molar-refractivity contribution in [3.8, 4) is 0 Å². The van der Waals surface area contributed by atoms with Gasteiger partial charge in [0.05, 0.1) is 10.8 Å². The molecule has 0 aromatic heterocycles. The molecule has 0 bridgehead atoms. The fourth-order valence-electron chi connectivity index (χ4n) is 1.15. The number of halogens is 2. The van der Waals surface area contributed by atoms with Crippen LogP contribution in [0.4, 0.5) is 0 Å². The molecule has 1 amide bonds. The van der Waals surface area contributed by atoms with Crippen molar-refractivity contribution in [1.82, 2.24) is 5.32 Å². The van der Waals surface area contributed by atoms with E-state index in [-0.39, 0.29) is 11.8 Å².